The van der Waals surface area contributed by atoms with E-state index in [-0.39, 0.29) is 12.5 Å². The maximum absolute atomic E-state index is 11.5. The Kier molecular flexibility index (Phi) is 3.66. The second kappa shape index (κ2) is 5.47. The first-order chi connectivity index (χ1) is 10.0. The van der Waals surface area contributed by atoms with E-state index in [1.807, 2.05) is 12.1 Å². The maximum atomic E-state index is 11.5. The maximum Gasteiger partial charge on any atom is 0.262 e. The molecule has 114 valence electrons. The van der Waals surface area contributed by atoms with Gasteiger partial charge in [-0.2, -0.15) is 0 Å². The summed E-state index contributed by atoms with van der Waals surface area (Å²) in [5.74, 6) is 1.21. The fraction of sp³-hybridized carbons (Fsp3) is 0.562. The Morgan fingerprint density at radius 3 is 2.86 bits per heavy atom. The van der Waals surface area contributed by atoms with Crippen molar-refractivity contribution >= 4 is 23.0 Å². The van der Waals surface area contributed by atoms with Gasteiger partial charge in [0.05, 0.1) is 17.1 Å². The molecule has 0 spiro atoms. The molecule has 3 rings (SSSR count). The van der Waals surface area contributed by atoms with Crippen molar-refractivity contribution in [2.75, 3.05) is 29.1 Å². The number of nitrogens with two attached hydrogens (primary N) is 1. The number of amides is 1. The lowest BCUT2D eigenvalue weighted by Gasteiger charge is -2.29. The molecule has 1 aliphatic heterocycles. The van der Waals surface area contributed by atoms with E-state index in [4.69, 9.17) is 10.5 Å². The second-order valence-electron chi connectivity index (χ2n) is 6.35. The van der Waals surface area contributed by atoms with Gasteiger partial charge >= 0.3 is 0 Å². The van der Waals surface area contributed by atoms with Crippen LogP contribution in [0.4, 0.5) is 17.1 Å². The summed E-state index contributed by atoms with van der Waals surface area (Å²) in [5, 5.41) is 2.86. The summed E-state index contributed by atoms with van der Waals surface area (Å²) in [6, 6.07) is 4.37. The van der Waals surface area contributed by atoms with Crippen LogP contribution in [0.1, 0.15) is 33.1 Å². The van der Waals surface area contributed by atoms with Crippen molar-refractivity contribution in [1.82, 2.24) is 0 Å². The molecule has 1 amide bonds. The molecule has 0 saturated heterocycles. The molecular formula is C16H23N3O2. The first-order valence-electron chi connectivity index (χ1n) is 7.67. The number of anilines is 3. The van der Waals surface area contributed by atoms with Gasteiger partial charge in [0.25, 0.3) is 5.91 Å². The smallest absolute Gasteiger partial charge is 0.262 e. The molecule has 2 aliphatic rings. The van der Waals surface area contributed by atoms with Crippen LogP contribution >= 0.6 is 0 Å². The van der Waals surface area contributed by atoms with Gasteiger partial charge in [0.2, 0.25) is 0 Å². The van der Waals surface area contributed by atoms with Crippen molar-refractivity contribution in [3.8, 4) is 5.75 Å². The summed E-state index contributed by atoms with van der Waals surface area (Å²) < 4.78 is 5.42. The topological polar surface area (TPSA) is 67.6 Å². The van der Waals surface area contributed by atoms with Gasteiger partial charge in [-0.3, -0.25) is 4.79 Å². The minimum Gasteiger partial charge on any atom is -0.482 e. The molecule has 0 radical (unpaired) electrons. The standard InChI is InChI=1S/C16H23N3O2/c1-10(2)5-6-19(11-3-4-11)14-8-13-15(7-12(14)17)21-9-16(20)18-13/h7-8,10-11H,3-6,9,17H2,1-2H3,(H,18,20). The molecule has 0 bridgehead atoms. The Morgan fingerprint density at radius 2 is 2.19 bits per heavy atom. The number of carbonyl (C=O) groups excluding carboxylic acids is 1. The van der Waals surface area contributed by atoms with Crippen molar-refractivity contribution in [1.29, 1.82) is 0 Å². The zero-order chi connectivity index (χ0) is 15.0. The van der Waals surface area contributed by atoms with E-state index in [0.29, 0.717) is 17.7 Å². The fourth-order valence-electron chi connectivity index (χ4n) is 2.66. The minimum absolute atomic E-state index is 0.0610. The Morgan fingerprint density at radius 1 is 1.43 bits per heavy atom. The number of benzene rings is 1. The zero-order valence-electron chi connectivity index (χ0n) is 12.7. The molecule has 1 heterocycles. The van der Waals surface area contributed by atoms with E-state index in [9.17, 15) is 4.79 Å². The molecule has 0 aromatic heterocycles. The molecule has 0 unspecified atom stereocenters. The quantitative estimate of drug-likeness (QED) is 0.818. The number of ether oxygens (including phenoxy) is 1. The highest BCUT2D eigenvalue weighted by Gasteiger charge is 2.31. The number of hydrogen-bond donors (Lipinski definition) is 2. The highest BCUT2D eigenvalue weighted by atomic mass is 16.5. The van der Waals surface area contributed by atoms with Crippen LogP contribution in [-0.4, -0.2) is 25.1 Å². The largest absolute Gasteiger partial charge is 0.482 e. The normalized spacial score (nSPS) is 17.2. The van der Waals surface area contributed by atoms with Crippen LogP contribution in [0.15, 0.2) is 12.1 Å². The molecular weight excluding hydrogens is 266 g/mol. The van der Waals surface area contributed by atoms with Crippen molar-refractivity contribution in [2.45, 2.75) is 39.2 Å². The van der Waals surface area contributed by atoms with Crippen molar-refractivity contribution in [3.05, 3.63) is 12.1 Å². The SMILES string of the molecule is CC(C)CCN(c1cc2c(cc1N)OCC(=O)N2)C1CC1. The number of rotatable bonds is 5. The summed E-state index contributed by atoms with van der Waals surface area (Å²) in [5.41, 5.74) is 8.68. The van der Waals surface area contributed by atoms with Crippen LogP contribution in [0, 0.1) is 5.92 Å². The molecule has 1 fully saturated rings. The van der Waals surface area contributed by atoms with Crippen LogP contribution in [0.25, 0.3) is 0 Å². The first kappa shape index (κ1) is 14.0. The highest BCUT2D eigenvalue weighted by Crippen LogP contribution is 2.41. The van der Waals surface area contributed by atoms with Gasteiger partial charge in [0.1, 0.15) is 5.75 Å². The Hall–Kier alpha value is -1.91. The molecule has 1 saturated carbocycles. The number of nitrogens with one attached hydrogen (secondary N) is 1. The zero-order valence-corrected chi connectivity index (χ0v) is 12.7. The monoisotopic (exact) mass is 289 g/mol. The molecule has 1 aliphatic carbocycles. The van der Waals surface area contributed by atoms with Crippen molar-refractivity contribution < 1.29 is 9.53 Å². The summed E-state index contributed by atoms with van der Waals surface area (Å²) in [6.45, 7) is 5.52. The number of carbonyl (C=O) groups is 1. The van der Waals surface area contributed by atoms with E-state index < -0.39 is 0 Å². The average molecular weight is 289 g/mol. The number of nitrogen functional groups attached to an aromatic ring is 1. The van der Waals surface area contributed by atoms with Gasteiger partial charge in [-0.1, -0.05) is 13.8 Å². The average Bonchev–Trinajstić information content (AvgIpc) is 3.24. The Balaban J connectivity index is 1.88. The van der Waals surface area contributed by atoms with E-state index >= 15 is 0 Å². The van der Waals surface area contributed by atoms with Gasteiger partial charge in [-0.25, -0.2) is 0 Å². The van der Waals surface area contributed by atoms with Crippen LogP contribution in [0.3, 0.4) is 0 Å². The fourth-order valence-corrected chi connectivity index (χ4v) is 2.66. The van der Waals surface area contributed by atoms with Gasteiger partial charge in [0.15, 0.2) is 6.61 Å². The summed E-state index contributed by atoms with van der Waals surface area (Å²) in [6.07, 6.45) is 3.57. The predicted molar refractivity (Wildman–Crippen MR) is 84.8 cm³/mol. The third-order valence-corrected chi connectivity index (χ3v) is 4.01. The van der Waals surface area contributed by atoms with Crippen LogP contribution < -0.4 is 20.7 Å². The molecule has 0 atom stereocenters. The summed E-state index contributed by atoms with van der Waals surface area (Å²) in [4.78, 5) is 13.9. The third kappa shape index (κ3) is 3.06. The second-order valence-corrected chi connectivity index (χ2v) is 6.35. The van der Waals surface area contributed by atoms with Crippen molar-refractivity contribution in [2.24, 2.45) is 5.92 Å². The van der Waals surface area contributed by atoms with Gasteiger partial charge in [-0.05, 0) is 31.2 Å². The van der Waals surface area contributed by atoms with E-state index in [2.05, 4.69) is 24.1 Å². The van der Waals surface area contributed by atoms with Crippen LogP contribution in [-0.2, 0) is 4.79 Å². The van der Waals surface area contributed by atoms with E-state index in [1.165, 1.54) is 12.8 Å². The molecule has 3 N–H and O–H groups in total. The van der Waals surface area contributed by atoms with Gasteiger partial charge in [0, 0.05) is 18.7 Å². The molecule has 1 aromatic carbocycles. The third-order valence-electron chi connectivity index (χ3n) is 4.01. The lowest BCUT2D eigenvalue weighted by Crippen LogP contribution is -2.30. The molecule has 1 aromatic rings. The van der Waals surface area contributed by atoms with Gasteiger partial charge < -0.3 is 20.7 Å². The summed E-state index contributed by atoms with van der Waals surface area (Å²) in [7, 11) is 0. The first-order valence-corrected chi connectivity index (χ1v) is 7.67. The number of fused-ring (bicyclic) bond motifs is 1. The van der Waals surface area contributed by atoms with E-state index in [1.54, 1.807) is 0 Å². The molecule has 21 heavy (non-hydrogen) atoms. The Labute approximate surface area is 125 Å². The Bertz CT molecular complexity index is 553. The lowest BCUT2D eigenvalue weighted by atomic mass is 10.1. The predicted octanol–water partition coefficient (Wildman–Crippen LogP) is 2.61. The lowest BCUT2D eigenvalue weighted by molar-refractivity contribution is -0.118. The van der Waals surface area contributed by atoms with Crippen LogP contribution in [0.2, 0.25) is 0 Å². The minimum atomic E-state index is -0.113. The number of nitrogens with zero attached hydrogens (tertiary/aromatic N) is 1. The number of hydrogen-bond acceptors (Lipinski definition) is 4. The summed E-state index contributed by atoms with van der Waals surface area (Å²) >= 11 is 0. The van der Waals surface area contributed by atoms with E-state index in [0.717, 1.165) is 30.0 Å². The highest BCUT2D eigenvalue weighted by molar-refractivity contribution is 5.97. The van der Waals surface area contributed by atoms with Crippen LogP contribution in [0.5, 0.6) is 5.75 Å². The molecule has 5 nitrogen and oxygen atoms in total. The van der Waals surface area contributed by atoms with Gasteiger partial charge in [-0.15, -0.1) is 0 Å². The van der Waals surface area contributed by atoms with Crippen molar-refractivity contribution in [3.63, 3.8) is 0 Å². The molecule has 5 heteroatoms.